The maximum absolute atomic E-state index is 13.1. The fourth-order valence-corrected chi connectivity index (χ4v) is 5.13. The van der Waals surface area contributed by atoms with Crippen LogP contribution in [-0.4, -0.2) is 77.4 Å². The first-order valence-electron chi connectivity index (χ1n) is 9.61. The van der Waals surface area contributed by atoms with Gasteiger partial charge in [0, 0.05) is 50.7 Å². The van der Waals surface area contributed by atoms with Crippen LogP contribution in [0.3, 0.4) is 0 Å². The number of piperazine rings is 1. The summed E-state index contributed by atoms with van der Waals surface area (Å²) < 4.78 is 33.0. The van der Waals surface area contributed by atoms with E-state index in [1.807, 2.05) is 6.07 Å². The molecule has 0 spiro atoms. The largest absolute Gasteiger partial charge is 0.368 e. The van der Waals surface area contributed by atoms with Crippen LogP contribution in [0.1, 0.15) is 18.5 Å². The molecule has 1 amide bonds. The van der Waals surface area contributed by atoms with Gasteiger partial charge in [0.05, 0.1) is 11.9 Å². The Morgan fingerprint density at radius 2 is 2.00 bits per heavy atom. The van der Waals surface area contributed by atoms with Crippen molar-refractivity contribution in [2.45, 2.75) is 30.8 Å². The fraction of sp³-hybridized carbons (Fsp3) is 0.474. The van der Waals surface area contributed by atoms with Gasteiger partial charge in [-0.1, -0.05) is 0 Å². The molecule has 2 saturated heterocycles. The minimum absolute atomic E-state index is 0.0418. The zero-order valence-electron chi connectivity index (χ0n) is 16.2. The van der Waals surface area contributed by atoms with E-state index in [2.05, 4.69) is 15.0 Å². The lowest BCUT2D eigenvalue weighted by Crippen LogP contribution is -2.52. The van der Waals surface area contributed by atoms with Gasteiger partial charge in [0.2, 0.25) is 10.0 Å². The number of hydrogen-bond donors (Lipinski definition) is 0. The zero-order valence-corrected chi connectivity index (χ0v) is 17.0. The third-order valence-electron chi connectivity index (χ3n) is 5.23. The molecule has 29 heavy (non-hydrogen) atoms. The van der Waals surface area contributed by atoms with Gasteiger partial charge in [0.25, 0.3) is 5.91 Å². The Morgan fingerprint density at radius 1 is 1.21 bits per heavy atom. The van der Waals surface area contributed by atoms with Crippen LogP contribution in [0.25, 0.3) is 11.4 Å². The Balaban J connectivity index is 1.47. The van der Waals surface area contributed by atoms with E-state index in [0.717, 1.165) is 18.4 Å². The van der Waals surface area contributed by atoms with Gasteiger partial charge in [0.1, 0.15) is 11.0 Å². The van der Waals surface area contributed by atoms with E-state index in [0.29, 0.717) is 31.2 Å². The average molecular weight is 417 g/mol. The van der Waals surface area contributed by atoms with E-state index >= 15 is 0 Å². The number of aryl methyl sites for hydroxylation is 1. The van der Waals surface area contributed by atoms with Crippen LogP contribution in [-0.2, 0) is 19.6 Å². The molecule has 2 aromatic heterocycles. The van der Waals surface area contributed by atoms with Crippen molar-refractivity contribution in [3.05, 3.63) is 36.4 Å². The molecule has 10 heteroatoms. The lowest BCUT2D eigenvalue weighted by molar-refractivity contribution is -0.142. The highest BCUT2D eigenvalue weighted by atomic mass is 32.2. The highest BCUT2D eigenvalue weighted by Crippen LogP contribution is 2.23. The summed E-state index contributed by atoms with van der Waals surface area (Å²) in [5.74, 6) is 0.390. The number of hydrogen-bond acceptors (Lipinski definition) is 7. The molecule has 1 atom stereocenters. The highest BCUT2D eigenvalue weighted by molar-refractivity contribution is 7.89. The SMILES string of the molecule is Cc1nc(-c2cccnc2)ncc1S(=O)(=O)N1CCN(C(=O)C2CCCO2)CC1. The molecular weight excluding hydrogens is 394 g/mol. The monoisotopic (exact) mass is 417 g/mol. The van der Waals surface area contributed by atoms with Gasteiger partial charge < -0.3 is 9.64 Å². The number of carbonyl (C=O) groups is 1. The van der Waals surface area contributed by atoms with Crippen molar-refractivity contribution in [3.8, 4) is 11.4 Å². The minimum atomic E-state index is -3.74. The van der Waals surface area contributed by atoms with Crippen molar-refractivity contribution < 1.29 is 17.9 Å². The smallest absolute Gasteiger partial charge is 0.251 e. The van der Waals surface area contributed by atoms with E-state index < -0.39 is 10.0 Å². The van der Waals surface area contributed by atoms with Crippen molar-refractivity contribution in [3.63, 3.8) is 0 Å². The van der Waals surface area contributed by atoms with E-state index in [-0.39, 0.29) is 30.0 Å². The van der Waals surface area contributed by atoms with Crippen LogP contribution in [0.15, 0.2) is 35.6 Å². The van der Waals surface area contributed by atoms with Crippen LogP contribution >= 0.6 is 0 Å². The number of ether oxygens (including phenoxy) is 1. The van der Waals surface area contributed by atoms with Gasteiger partial charge in [0.15, 0.2) is 5.82 Å². The Morgan fingerprint density at radius 3 is 2.62 bits per heavy atom. The van der Waals surface area contributed by atoms with Gasteiger partial charge in [-0.3, -0.25) is 9.78 Å². The minimum Gasteiger partial charge on any atom is -0.368 e. The van der Waals surface area contributed by atoms with Crippen LogP contribution in [0.5, 0.6) is 0 Å². The molecule has 0 radical (unpaired) electrons. The van der Waals surface area contributed by atoms with Gasteiger partial charge in [-0.2, -0.15) is 4.31 Å². The van der Waals surface area contributed by atoms with E-state index in [1.54, 1.807) is 30.3 Å². The normalized spacial score (nSPS) is 20.7. The quantitative estimate of drug-likeness (QED) is 0.726. The van der Waals surface area contributed by atoms with Crippen molar-refractivity contribution in [2.24, 2.45) is 0 Å². The van der Waals surface area contributed by atoms with Crippen LogP contribution < -0.4 is 0 Å². The van der Waals surface area contributed by atoms with Crippen molar-refractivity contribution in [2.75, 3.05) is 32.8 Å². The van der Waals surface area contributed by atoms with Crippen molar-refractivity contribution >= 4 is 15.9 Å². The van der Waals surface area contributed by atoms with Crippen LogP contribution in [0, 0.1) is 6.92 Å². The predicted octanol–water partition coefficient (Wildman–Crippen LogP) is 0.859. The number of amides is 1. The number of aromatic nitrogens is 3. The summed E-state index contributed by atoms with van der Waals surface area (Å²) in [6.07, 6.45) is 5.88. The van der Waals surface area contributed by atoms with Crippen molar-refractivity contribution in [1.29, 1.82) is 0 Å². The molecule has 1 unspecified atom stereocenters. The van der Waals surface area contributed by atoms with Gasteiger partial charge >= 0.3 is 0 Å². The number of nitrogens with zero attached hydrogens (tertiary/aromatic N) is 5. The third-order valence-corrected chi connectivity index (χ3v) is 7.23. The van der Waals surface area contributed by atoms with E-state index in [4.69, 9.17) is 4.74 Å². The first-order valence-corrected chi connectivity index (χ1v) is 11.1. The maximum atomic E-state index is 13.1. The summed E-state index contributed by atoms with van der Waals surface area (Å²) in [6.45, 7) is 3.46. The first kappa shape index (κ1) is 19.9. The molecule has 2 aromatic rings. The second kappa shape index (κ2) is 8.13. The summed E-state index contributed by atoms with van der Waals surface area (Å²) in [5, 5.41) is 0. The van der Waals surface area contributed by atoms with Crippen molar-refractivity contribution in [1.82, 2.24) is 24.2 Å². The van der Waals surface area contributed by atoms with Gasteiger partial charge in [-0.05, 0) is 31.9 Å². The standard InChI is InChI=1S/C19H23N5O4S/c1-14-17(13-21-18(22-14)15-4-2-6-20-12-15)29(26,27)24-9-7-23(8-10-24)19(25)16-5-3-11-28-16/h2,4,6,12-13,16H,3,5,7-11H2,1H3. The first-order chi connectivity index (χ1) is 14.0. The molecule has 0 aromatic carbocycles. The molecule has 9 nitrogen and oxygen atoms in total. The molecule has 4 rings (SSSR count). The molecule has 0 bridgehead atoms. The molecule has 2 aliphatic rings. The van der Waals surface area contributed by atoms with E-state index in [9.17, 15) is 13.2 Å². The van der Waals surface area contributed by atoms with E-state index in [1.165, 1.54) is 10.5 Å². The fourth-order valence-electron chi connectivity index (χ4n) is 3.61. The summed E-state index contributed by atoms with van der Waals surface area (Å²) in [6, 6.07) is 3.59. The molecule has 0 saturated carbocycles. The Hall–Kier alpha value is -2.43. The van der Waals surface area contributed by atoms with Crippen LogP contribution in [0.2, 0.25) is 0 Å². The molecule has 2 fully saturated rings. The predicted molar refractivity (Wildman–Crippen MR) is 104 cm³/mol. The zero-order chi connectivity index (χ0) is 20.4. The number of rotatable bonds is 4. The maximum Gasteiger partial charge on any atom is 0.251 e. The second-order valence-electron chi connectivity index (χ2n) is 7.12. The summed E-state index contributed by atoms with van der Waals surface area (Å²) in [7, 11) is -3.74. The average Bonchev–Trinajstić information content (AvgIpc) is 3.28. The van der Waals surface area contributed by atoms with Crippen LogP contribution in [0.4, 0.5) is 0 Å². The Labute approximate surface area is 169 Å². The molecule has 0 N–H and O–H groups in total. The summed E-state index contributed by atoms with van der Waals surface area (Å²) in [5.41, 5.74) is 1.11. The lowest BCUT2D eigenvalue weighted by Gasteiger charge is -2.35. The Bertz CT molecular complexity index is 985. The number of sulfonamides is 1. The summed E-state index contributed by atoms with van der Waals surface area (Å²) >= 11 is 0. The molecule has 154 valence electrons. The highest BCUT2D eigenvalue weighted by Gasteiger charge is 2.34. The summed E-state index contributed by atoms with van der Waals surface area (Å²) in [4.78, 5) is 26.9. The Kier molecular flexibility index (Phi) is 5.57. The van der Waals surface area contributed by atoms with Gasteiger partial charge in [-0.15, -0.1) is 0 Å². The lowest BCUT2D eigenvalue weighted by atomic mass is 10.2. The topological polar surface area (TPSA) is 106 Å². The number of carbonyl (C=O) groups excluding carboxylic acids is 1. The number of pyridine rings is 1. The molecule has 2 aliphatic heterocycles. The third kappa shape index (κ3) is 4.00. The molecule has 0 aliphatic carbocycles. The molecular formula is C19H23N5O4S. The van der Waals surface area contributed by atoms with Gasteiger partial charge in [-0.25, -0.2) is 18.4 Å². The second-order valence-corrected chi connectivity index (χ2v) is 9.02. The molecule has 4 heterocycles.